The van der Waals surface area contributed by atoms with Crippen molar-refractivity contribution in [2.45, 2.75) is 18.4 Å². The fraction of sp³-hybridized carbons (Fsp3) is 0.364. The zero-order chi connectivity index (χ0) is 10.0. The monoisotopic (exact) mass is 191 g/mol. The molecule has 3 nitrogen and oxygen atoms in total. The molecule has 1 aliphatic rings. The summed E-state index contributed by atoms with van der Waals surface area (Å²) in [4.78, 5) is 11.1. The molecule has 0 saturated heterocycles. The first kappa shape index (κ1) is 9.06. The molecule has 0 bridgehead atoms. The number of rotatable bonds is 2. The summed E-state index contributed by atoms with van der Waals surface area (Å²) in [5.74, 6) is 0. The topological polar surface area (TPSA) is 38.3 Å². The molecule has 74 valence electrons. The molecule has 0 radical (unpaired) electrons. The molecule has 0 atom stereocenters. The van der Waals surface area contributed by atoms with E-state index in [1.165, 1.54) is 0 Å². The Morgan fingerprint density at radius 1 is 1.36 bits per heavy atom. The van der Waals surface area contributed by atoms with Gasteiger partial charge in [0.2, 0.25) is 0 Å². The van der Waals surface area contributed by atoms with Gasteiger partial charge in [0, 0.05) is 7.05 Å². The first-order valence-corrected chi connectivity index (χ1v) is 4.73. The first-order valence-electron chi connectivity index (χ1n) is 4.73. The van der Waals surface area contributed by atoms with E-state index in [1.807, 2.05) is 30.3 Å². The minimum Gasteiger partial charge on any atom is -0.438 e. The normalized spacial score (nSPS) is 17.2. The maximum atomic E-state index is 11.1. The van der Waals surface area contributed by atoms with Crippen LogP contribution in [-0.2, 0) is 10.3 Å². The van der Waals surface area contributed by atoms with Crippen LogP contribution >= 0.6 is 0 Å². The van der Waals surface area contributed by atoms with Crippen LogP contribution in [0.1, 0.15) is 18.4 Å². The lowest BCUT2D eigenvalue weighted by Crippen LogP contribution is -2.25. The predicted octanol–water partition coefficient (Wildman–Crippen LogP) is 2.03. The molecule has 0 unspecified atom stereocenters. The van der Waals surface area contributed by atoms with Gasteiger partial charge in [-0.1, -0.05) is 30.3 Å². The van der Waals surface area contributed by atoms with Gasteiger partial charge in [0.25, 0.3) is 0 Å². The van der Waals surface area contributed by atoms with E-state index >= 15 is 0 Å². The Hall–Kier alpha value is -1.51. The van der Waals surface area contributed by atoms with Gasteiger partial charge in [0.1, 0.15) is 5.60 Å². The third-order valence-corrected chi connectivity index (χ3v) is 2.50. The van der Waals surface area contributed by atoms with Crippen molar-refractivity contribution in [1.29, 1.82) is 0 Å². The average molecular weight is 191 g/mol. The zero-order valence-electron chi connectivity index (χ0n) is 8.12. The third-order valence-electron chi connectivity index (χ3n) is 2.50. The minimum absolute atomic E-state index is 0.346. The van der Waals surface area contributed by atoms with Gasteiger partial charge >= 0.3 is 6.09 Å². The van der Waals surface area contributed by atoms with E-state index in [2.05, 4.69) is 5.32 Å². The highest BCUT2D eigenvalue weighted by Gasteiger charge is 2.48. The van der Waals surface area contributed by atoms with E-state index in [0.717, 1.165) is 18.4 Å². The Balaban J connectivity index is 2.14. The Kier molecular flexibility index (Phi) is 2.15. The number of carbonyl (C=O) groups is 1. The Bertz CT molecular complexity index is 330. The van der Waals surface area contributed by atoms with Crippen molar-refractivity contribution < 1.29 is 9.53 Å². The van der Waals surface area contributed by atoms with Crippen LogP contribution in [0, 0.1) is 0 Å². The van der Waals surface area contributed by atoms with Crippen LogP contribution in [0.15, 0.2) is 30.3 Å². The van der Waals surface area contributed by atoms with E-state index in [-0.39, 0.29) is 11.7 Å². The zero-order valence-corrected chi connectivity index (χ0v) is 8.12. The van der Waals surface area contributed by atoms with Crippen LogP contribution < -0.4 is 5.32 Å². The van der Waals surface area contributed by atoms with Crippen molar-refractivity contribution in [3.8, 4) is 0 Å². The Labute approximate surface area is 83.1 Å². The lowest BCUT2D eigenvalue weighted by molar-refractivity contribution is 0.0831. The van der Waals surface area contributed by atoms with E-state index in [1.54, 1.807) is 7.05 Å². The molecule has 1 aromatic carbocycles. The summed E-state index contributed by atoms with van der Waals surface area (Å²) in [6.45, 7) is 0. The van der Waals surface area contributed by atoms with E-state index in [4.69, 9.17) is 4.74 Å². The molecule has 1 aromatic rings. The van der Waals surface area contributed by atoms with Crippen molar-refractivity contribution >= 4 is 6.09 Å². The number of hydrogen-bond donors (Lipinski definition) is 1. The van der Waals surface area contributed by atoms with Crippen LogP contribution in [-0.4, -0.2) is 13.1 Å². The SMILES string of the molecule is CNC(=O)OC1(c2ccccc2)CC1. The van der Waals surface area contributed by atoms with Gasteiger partial charge in [0.05, 0.1) is 0 Å². The largest absolute Gasteiger partial charge is 0.438 e. The van der Waals surface area contributed by atoms with E-state index in [0.29, 0.717) is 0 Å². The summed E-state index contributed by atoms with van der Waals surface area (Å²) in [5, 5.41) is 2.47. The van der Waals surface area contributed by atoms with Crippen molar-refractivity contribution in [2.24, 2.45) is 0 Å². The third kappa shape index (κ3) is 1.58. The molecule has 1 fully saturated rings. The molecule has 2 rings (SSSR count). The minimum atomic E-state index is -0.355. The summed E-state index contributed by atoms with van der Waals surface area (Å²) in [7, 11) is 1.57. The molecule has 0 aromatic heterocycles. The second-order valence-electron chi connectivity index (χ2n) is 3.50. The van der Waals surface area contributed by atoms with Crippen molar-refractivity contribution in [3.63, 3.8) is 0 Å². The molecule has 3 heteroatoms. The van der Waals surface area contributed by atoms with Gasteiger partial charge in [-0.3, -0.25) is 0 Å². The second kappa shape index (κ2) is 3.33. The number of benzene rings is 1. The predicted molar refractivity (Wildman–Crippen MR) is 52.9 cm³/mol. The average Bonchev–Trinajstić information content (AvgIpc) is 3.00. The fourth-order valence-corrected chi connectivity index (χ4v) is 1.53. The van der Waals surface area contributed by atoms with Crippen molar-refractivity contribution in [2.75, 3.05) is 7.05 Å². The molecular weight excluding hydrogens is 178 g/mol. The molecule has 14 heavy (non-hydrogen) atoms. The molecule has 0 spiro atoms. The summed E-state index contributed by atoms with van der Waals surface area (Å²) in [6, 6.07) is 9.87. The highest BCUT2D eigenvalue weighted by Crippen LogP contribution is 2.49. The quantitative estimate of drug-likeness (QED) is 0.776. The van der Waals surface area contributed by atoms with Gasteiger partial charge in [-0.15, -0.1) is 0 Å². The Morgan fingerprint density at radius 3 is 2.50 bits per heavy atom. The van der Waals surface area contributed by atoms with Crippen LogP contribution in [0.3, 0.4) is 0 Å². The lowest BCUT2D eigenvalue weighted by Gasteiger charge is -2.16. The summed E-state index contributed by atoms with van der Waals surface area (Å²) < 4.78 is 5.33. The van der Waals surface area contributed by atoms with Crippen LogP contribution in [0.4, 0.5) is 4.79 Å². The standard InChI is InChI=1S/C11H13NO2/c1-12-10(13)14-11(7-8-11)9-5-3-2-4-6-9/h2-6H,7-8H2,1H3,(H,12,13). The first-order chi connectivity index (χ1) is 6.77. The second-order valence-corrected chi connectivity index (χ2v) is 3.50. The van der Waals surface area contributed by atoms with Gasteiger partial charge in [-0.2, -0.15) is 0 Å². The maximum absolute atomic E-state index is 11.1. The smallest absolute Gasteiger partial charge is 0.407 e. The Morgan fingerprint density at radius 2 is 2.00 bits per heavy atom. The van der Waals surface area contributed by atoms with Gasteiger partial charge < -0.3 is 10.1 Å². The molecule has 0 aliphatic heterocycles. The van der Waals surface area contributed by atoms with Crippen LogP contribution in [0.2, 0.25) is 0 Å². The molecule has 1 aliphatic carbocycles. The number of carbonyl (C=O) groups excluding carboxylic acids is 1. The summed E-state index contributed by atoms with van der Waals surface area (Å²) in [5.41, 5.74) is 0.741. The maximum Gasteiger partial charge on any atom is 0.407 e. The number of amides is 1. The number of nitrogens with one attached hydrogen (secondary N) is 1. The fourth-order valence-electron chi connectivity index (χ4n) is 1.53. The van der Waals surface area contributed by atoms with Crippen molar-refractivity contribution in [1.82, 2.24) is 5.32 Å². The number of hydrogen-bond acceptors (Lipinski definition) is 2. The highest BCUT2D eigenvalue weighted by molar-refractivity contribution is 5.68. The van der Waals surface area contributed by atoms with Gasteiger partial charge in [-0.25, -0.2) is 4.79 Å². The molecule has 1 amide bonds. The van der Waals surface area contributed by atoms with Crippen LogP contribution in [0.5, 0.6) is 0 Å². The molecule has 1 saturated carbocycles. The number of alkyl carbamates (subject to hydrolysis) is 1. The van der Waals surface area contributed by atoms with Gasteiger partial charge in [-0.05, 0) is 18.4 Å². The van der Waals surface area contributed by atoms with E-state index in [9.17, 15) is 4.79 Å². The van der Waals surface area contributed by atoms with Crippen molar-refractivity contribution in [3.05, 3.63) is 35.9 Å². The molecule has 1 N–H and O–H groups in total. The van der Waals surface area contributed by atoms with Crippen LogP contribution in [0.25, 0.3) is 0 Å². The number of ether oxygens (including phenoxy) is 1. The van der Waals surface area contributed by atoms with E-state index < -0.39 is 0 Å². The summed E-state index contributed by atoms with van der Waals surface area (Å²) in [6.07, 6.45) is 1.49. The van der Waals surface area contributed by atoms with Gasteiger partial charge in [0.15, 0.2) is 0 Å². The lowest BCUT2D eigenvalue weighted by atomic mass is 10.1. The highest BCUT2D eigenvalue weighted by atomic mass is 16.6. The summed E-state index contributed by atoms with van der Waals surface area (Å²) >= 11 is 0. The molecular formula is C11H13NO2. The molecule has 0 heterocycles.